The number of pyridine rings is 1. The van der Waals surface area contributed by atoms with Crippen LogP contribution in [0.2, 0.25) is 0 Å². The van der Waals surface area contributed by atoms with E-state index in [4.69, 9.17) is 5.73 Å². The van der Waals surface area contributed by atoms with Crippen LogP contribution in [0.1, 0.15) is 12.8 Å². The number of nitrogens with two attached hydrogens (primary N) is 1. The molecule has 1 aromatic carbocycles. The Balaban J connectivity index is 1.90. The molecule has 0 bridgehead atoms. The van der Waals surface area contributed by atoms with Crippen LogP contribution in [0.15, 0.2) is 30.6 Å². The quantitative estimate of drug-likeness (QED) is 0.851. The summed E-state index contributed by atoms with van der Waals surface area (Å²) in [4.78, 5) is 9.06. The minimum Gasteiger partial charge on any atom is -0.398 e. The Hall–Kier alpha value is -1.81. The number of hydrogen-bond donors (Lipinski definition) is 1. The molecule has 0 atom stereocenters. The molecule has 0 amide bonds. The highest BCUT2D eigenvalue weighted by atomic mass is 15.2. The first-order valence-electron chi connectivity index (χ1n) is 7.20. The zero-order chi connectivity index (χ0) is 14.1. The zero-order valence-electron chi connectivity index (χ0n) is 12.2. The van der Waals surface area contributed by atoms with Gasteiger partial charge in [-0.25, -0.2) is 0 Å². The van der Waals surface area contributed by atoms with Gasteiger partial charge in [-0.2, -0.15) is 0 Å². The summed E-state index contributed by atoms with van der Waals surface area (Å²) < 4.78 is 0. The van der Waals surface area contributed by atoms with Gasteiger partial charge < -0.3 is 15.5 Å². The Morgan fingerprint density at radius 2 is 1.90 bits per heavy atom. The predicted molar refractivity (Wildman–Crippen MR) is 85.1 cm³/mol. The van der Waals surface area contributed by atoms with Crippen molar-refractivity contribution in [2.45, 2.75) is 18.9 Å². The SMILES string of the molecule is CN(C)C1CCN(c2ccc(N)c3ccncc23)CC1. The van der Waals surface area contributed by atoms with E-state index in [0.717, 1.165) is 29.5 Å². The first-order chi connectivity index (χ1) is 9.66. The number of nitrogens with zero attached hydrogens (tertiary/aromatic N) is 3. The van der Waals surface area contributed by atoms with Crippen molar-refractivity contribution in [2.24, 2.45) is 0 Å². The molecule has 2 N–H and O–H groups in total. The summed E-state index contributed by atoms with van der Waals surface area (Å²) in [6, 6.07) is 6.84. The molecule has 2 aromatic rings. The van der Waals surface area contributed by atoms with Crippen molar-refractivity contribution in [2.75, 3.05) is 37.8 Å². The molecule has 4 nitrogen and oxygen atoms in total. The first-order valence-corrected chi connectivity index (χ1v) is 7.20. The highest BCUT2D eigenvalue weighted by Gasteiger charge is 2.22. The molecule has 1 aliphatic heterocycles. The average Bonchev–Trinajstić information content (AvgIpc) is 2.48. The Morgan fingerprint density at radius 1 is 1.15 bits per heavy atom. The van der Waals surface area contributed by atoms with Gasteiger partial charge in [-0.15, -0.1) is 0 Å². The molecular formula is C16H22N4. The highest BCUT2D eigenvalue weighted by molar-refractivity contribution is 6.00. The van der Waals surface area contributed by atoms with E-state index >= 15 is 0 Å². The molecule has 1 fully saturated rings. The monoisotopic (exact) mass is 270 g/mol. The van der Waals surface area contributed by atoms with Crippen LogP contribution in [-0.2, 0) is 0 Å². The minimum atomic E-state index is 0.699. The number of piperidine rings is 1. The van der Waals surface area contributed by atoms with Crippen LogP contribution < -0.4 is 10.6 Å². The number of benzene rings is 1. The van der Waals surface area contributed by atoms with E-state index < -0.39 is 0 Å². The van der Waals surface area contributed by atoms with E-state index in [1.54, 1.807) is 6.20 Å². The molecule has 0 unspecified atom stereocenters. The van der Waals surface area contributed by atoms with Crippen LogP contribution in [0.25, 0.3) is 10.8 Å². The lowest BCUT2D eigenvalue weighted by molar-refractivity contribution is 0.250. The van der Waals surface area contributed by atoms with E-state index in [-0.39, 0.29) is 0 Å². The number of nitrogen functional groups attached to an aromatic ring is 1. The molecule has 20 heavy (non-hydrogen) atoms. The van der Waals surface area contributed by atoms with Gasteiger partial charge in [-0.1, -0.05) is 0 Å². The van der Waals surface area contributed by atoms with E-state index in [2.05, 4.69) is 34.9 Å². The molecule has 0 radical (unpaired) electrons. The molecule has 1 aromatic heterocycles. The minimum absolute atomic E-state index is 0.699. The van der Waals surface area contributed by atoms with Crippen LogP contribution in [0.4, 0.5) is 11.4 Å². The smallest absolute Gasteiger partial charge is 0.0463 e. The Kier molecular flexibility index (Phi) is 3.49. The van der Waals surface area contributed by atoms with Gasteiger partial charge in [0.05, 0.1) is 0 Å². The first kappa shape index (κ1) is 13.2. The second kappa shape index (κ2) is 5.29. The molecule has 2 heterocycles. The molecule has 0 spiro atoms. The lowest BCUT2D eigenvalue weighted by Gasteiger charge is -2.37. The van der Waals surface area contributed by atoms with Gasteiger partial charge in [0.1, 0.15) is 0 Å². The fraction of sp³-hybridized carbons (Fsp3) is 0.438. The van der Waals surface area contributed by atoms with Gasteiger partial charge in [0.25, 0.3) is 0 Å². The summed E-state index contributed by atoms with van der Waals surface area (Å²) in [6.45, 7) is 2.19. The average molecular weight is 270 g/mol. The number of rotatable bonds is 2. The van der Waals surface area contributed by atoms with E-state index in [1.165, 1.54) is 18.5 Å². The summed E-state index contributed by atoms with van der Waals surface area (Å²) in [5.41, 5.74) is 8.15. The van der Waals surface area contributed by atoms with Crippen molar-refractivity contribution in [1.29, 1.82) is 0 Å². The van der Waals surface area contributed by atoms with E-state index in [0.29, 0.717) is 6.04 Å². The predicted octanol–water partition coefficient (Wildman–Crippen LogP) is 2.35. The van der Waals surface area contributed by atoms with Crippen LogP contribution in [0, 0.1) is 0 Å². The molecular weight excluding hydrogens is 248 g/mol. The standard InChI is InChI=1S/C16H22N4/c1-19(2)12-6-9-20(10-7-12)16-4-3-15(17)13-5-8-18-11-14(13)16/h3-5,8,11-12H,6-7,9-10,17H2,1-2H3. The summed E-state index contributed by atoms with van der Waals surface area (Å²) in [7, 11) is 4.34. The van der Waals surface area contributed by atoms with Crippen LogP contribution in [0.3, 0.4) is 0 Å². The second-order valence-electron chi connectivity index (χ2n) is 5.78. The molecule has 1 aliphatic rings. The highest BCUT2D eigenvalue weighted by Crippen LogP contribution is 2.32. The van der Waals surface area contributed by atoms with Crippen LogP contribution in [0.5, 0.6) is 0 Å². The Labute approximate surface area is 120 Å². The summed E-state index contributed by atoms with van der Waals surface area (Å²) in [5, 5.41) is 2.27. The maximum absolute atomic E-state index is 6.06. The second-order valence-corrected chi connectivity index (χ2v) is 5.78. The number of fused-ring (bicyclic) bond motifs is 1. The topological polar surface area (TPSA) is 45.4 Å². The molecule has 106 valence electrons. The zero-order valence-corrected chi connectivity index (χ0v) is 12.2. The van der Waals surface area contributed by atoms with Crippen molar-refractivity contribution < 1.29 is 0 Å². The third-order valence-electron chi connectivity index (χ3n) is 4.36. The van der Waals surface area contributed by atoms with E-state index in [1.807, 2.05) is 18.3 Å². The van der Waals surface area contributed by atoms with Crippen molar-refractivity contribution in [1.82, 2.24) is 9.88 Å². The largest absolute Gasteiger partial charge is 0.398 e. The Morgan fingerprint density at radius 3 is 2.60 bits per heavy atom. The molecule has 1 saturated heterocycles. The van der Waals surface area contributed by atoms with Gasteiger partial charge in [0.2, 0.25) is 0 Å². The Bertz CT molecular complexity index is 600. The molecule has 4 heteroatoms. The van der Waals surface area contributed by atoms with Gasteiger partial charge in [0.15, 0.2) is 0 Å². The van der Waals surface area contributed by atoms with Gasteiger partial charge in [-0.05, 0) is 45.1 Å². The number of hydrogen-bond acceptors (Lipinski definition) is 4. The molecule has 3 rings (SSSR count). The summed E-state index contributed by atoms with van der Waals surface area (Å²) in [5.74, 6) is 0. The normalized spacial score (nSPS) is 17.1. The number of aromatic nitrogens is 1. The maximum atomic E-state index is 6.06. The fourth-order valence-corrected chi connectivity index (χ4v) is 3.10. The number of anilines is 2. The van der Waals surface area contributed by atoms with Gasteiger partial charge >= 0.3 is 0 Å². The molecule has 0 saturated carbocycles. The third-order valence-corrected chi connectivity index (χ3v) is 4.36. The van der Waals surface area contributed by atoms with E-state index in [9.17, 15) is 0 Å². The summed E-state index contributed by atoms with van der Waals surface area (Å²) >= 11 is 0. The maximum Gasteiger partial charge on any atom is 0.0463 e. The van der Waals surface area contributed by atoms with Crippen molar-refractivity contribution in [3.63, 3.8) is 0 Å². The lowest BCUT2D eigenvalue weighted by atomic mass is 10.0. The van der Waals surface area contributed by atoms with Gasteiger partial charge in [0, 0.05) is 53.7 Å². The van der Waals surface area contributed by atoms with Crippen LogP contribution >= 0.6 is 0 Å². The molecule has 0 aliphatic carbocycles. The lowest BCUT2D eigenvalue weighted by Crippen LogP contribution is -2.42. The van der Waals surface area contributed by atoms with Crippen LogP contribution in [-0.4, -0.2) is 43.1 Å². The third kappa shape index (κ3) is 2.31. The van der Waals surface area contributed by atoms with Gasteiger partial charge in [-0.3, -0.25) is 4.98 Å². The van der Waals surface area contributed by atoms with Crippen molar-refractivity contribution >= 4 is 22.1 Å². The van der Waals surface area contributed by atoms with Crippen molar-refractivity contribution in [3.05, 3.63) is 30.6 Å². The van der Waals surface area contributed by atoms with Crippen molar-refractivity contribution in [3.8, 4) is 0 Å². The summed E-state index contributed by atoms with van der Waals surface area (Å²) in [6.07, 6.45) is 6.15. The fourth-order valence-electron chi connectivity index (χ4n) is 3.10.